The second kappa shape index (κ2) is 7.18. The summed E-state index contributed by atoms with van der Waals surface area (Å²) in [5, 5.41) is 2.99. The van der Waals surface area contributed by atoms with Gasteiger partial charge in [-0.3, -0.25) is 4.90 Å². The van der Waals surface area contributed by atoms with Crippen molar-refractivity contribution in [1.82, 2.24) is 4.90 Å². The molecule has 0 aromatic heterocycles. The minimum Gasteiger partial charge on any atom is -0.396 e. The summed E-state index contributed by atoms with van der Waals surface area (Å²) < 4.78 is 7.42. The number of rotatable bonds is 2. The number of hydrogen-bond donors (Lipinski definition) is 0. The van der Waals surface area contributed by atoms with Crippen LogP contribution in [0.4, 0.5) is 0 Å². The Morgan fingerprint density at radius 2 is 1.33 bits per heavy atom. The average Bonchev–Trinajstić information content (AvgIpc) is 3.15. The summed E-state index contributed by atoms with van der Waals surface area (Å²) in [4.78, 5) is 2.68. The Morgan fingerprint density at radius 3 is 1.87 bits per heavy atom. The van der Waals surface area contributed by atoms with E-state index in [4.69, 9.17) is 4.43 Å². The van der Waals surface area contributed by atoms with Gasteiger partial charge < -0.3 is 4.43 Å². The molecule has 2 atom stereocenters. The monoisotopic (exact) mass is 417 g/mol. The Hall–Kier alpha value is -1.68. The Kier molecular flexibility index (Phi) is 4.85. The molecule has 3 aliphatic rings. The maximum atomic E-state index is 7.42. The van der Waals surface area contributed by atoms with E-state index in [0.717, 1.165) is 6.54 Å². The number of benzene rings is 2. The Labute approximate surface area is 183 Å². The van der Waals surface area contributed by atoms with E-state index in [1.165, 1.54) is 69.6 Å². The van der Waals surface area contributed by atoms with E-state index < -0.39 is 8.32 Å². The van der Waals surface area contributed by atoms with Gasteiger partial charge in [0, 0.05) is 12.6 Å². The highest BCUT2D eigenvalue weighted by atomic mass is 28.4. The largest absolute Gasteiger partial charge is 0.396 e. The average molecular weight is 418 g/mol. The van der Waals surface area contributed by atoms with Gasteiger partial charge >= 0.3 is 0 Å². The first kappa shape index (κ1) is 20.2. The van der Waals surface area contributed by atoms with Crippen LogP contribution in [0.2, 0.25) is 0 Å². The van der Waals surface area contributed by atoms with Gasteiger partial charge in [-0.15, -0.1) is 0 Å². The van der Waals surface area contributed by atoms with Crippen LogP contribution in [-0.4, -0.2) is 38.5 Å². The molecule has 3 heteroatoms. The molecule has 0 aliphatic carbocycles. The summed E-state index contributed by atoms with van der Waals surface area (Å²) in [5.41, 5.74) is 12.5. The molecule has 2 aromatic carbocycles. The standard InChI is InChI=1S/C27H35NOSi/c1-17-11-19(3)26(20(4)12-17)30(27-21(5)13-18(2)14-22(27)6)16-23-15-28-10-8-7-9-24(28)25(23)29-30/h11-14,16,24-25H,7-10,15H2,1-6H3/t24-,25+/m0/s1. The molecule has 3 aliphatic heterocycles. The maximum absolute atomic E-state index is 7.42. The van der Waals surface area contributed by atoms with Crippen molar-refractivity contribution < 1.29 is 4.43 Å². The van der Waals surface area contributed by atoms with Crippen LogP contribution >= 0.6 is 0 Å². The van der Waals surface area contributed by atoms with E-state index in [-0.39, 0.29) is 6.10 Å². The highest BCUT2D eigenvalue weighted by Crippen LogP contribution is 2.40. The molecule has 0 unspecified atom stereocenters. The SMILES string of the molecule is Cc1cc(C)c([Si]2(c3c(C)cc(C)cc3C)C=C3CN4CCCC[C@H]4[C@@H]3O2)c(C)c1. The van der Waals surface area contributed by atoms with E-state index >= 15 is 0 Å². The van der Waals surface area contributed by atoms with Crippen molar-refractivity contribution in [3.8, 4) is 0 Å². The Bertz CT molecular complexity index is 949. The van der Waals surface area contributed by atoms with Crippen LogP contribution in [0.5, 0.6) is 0 Å². The summed E-state index contributed by atoms with van der Waals surface area (Å²) >= 11 is 0. The first-order valence-corrected chi connectivity index (χ1v) is 13.6. The first-order valence-electron chi connectivity index (χ1n) is 11.6. The summed E-state index contributed by atoms with van der Waals surface area (Å²) in [6, 6.07) is 10.0. The molecule has 0 radical (unpaired) electrons. The molecule has 2 saturated heterocycles. The van der Waals surface area contributed by atoms with Gasteiger partial charge in [-0.2, -0.15) is 0 Å². The van der Waals surface area contributed by atoms with Crippen LogP contribution < -0.4 is 10.4 Å². The molecule has 5 rings (SSSR count). The number of hydrogen-bond acceptors (Lipinski definition) is 2. The van der Waals surface area contributed by atoms with Gasteiger partial charge in [0.2, 0.25) is 0 Å². The highest BCUT2D eigenvalue weighted by molar-refractivity contribution is 7.02. The minimum atomic E-state index is -2.47. The minimum absolute atomic E-state index is 0.289. The van der Waals surface area contributed by atoms with E-state index in [9.17, 15) is 0 Å². The first-order chi connectivity index (χ1) is 14.3. The van der Waals surface area contributed by atoms with Crippen molar-refractivity contribution in [2.75, 3.05) is 13.1 Å². The Balaban J connectivity index is 1.75. The number of aryl methyl sites for hydroxylation is 6. The third-order valence-electron chi connectivity index (χ3n) is 7.56. The van der Waals surface area contributed by atoms with Crippen LogP contribution in [0.15, 0.2) is 35.5 Å². The summed E-state index contributed by atoms with van der Waals surface area (Å²) in [6.45, 7) is 16.0. The van der Waals surface area contributed by atoms with Crippen molar-refractivity contribution in [2.45, 2.75) is 73.0 Å². The van der Waals surface area contributed by atoms with Gasteiger partial charge in [0.1, 0.15) is 0 Å². The van der Waals surface area contributed by atoms with Gasteiger partial charge in [0.05, 0.1) is 6.10 Å². The molecule has 30 heavy (non-hydrogen) atoms. The lowest BCUT2D eigenvalue weighted by Crippen LogP contribution is -2.63. The number of fused-ring (bicyclic) bond motifs is 3. The predicted molar refractivity (Wildman–Crippen MR) is 128 cm³/mol. The topological polar surface area (TPSA) is 12.5 Å². The summed E-state index contributed by atoms with van der Waals surface area (Å²) in [5.74, 6) is 0. The quantitative estimate of drug-likeness (QED) is 0.675. The molecule has 0 saturated carbocycles. The predicted octanol–water partition coefficient (Wildman–Crippen LogP) is 4.33. The molecule has 2 fully saturated rings. The fourth-order valence-electron chi connectivity index (χ4n) is 6.82. The maximum Gasteiger partial charge on any atom is 0.282 e. The van der Waals surface area contributed by atoms with E-state index in [2.05, 4.69) is 76.4 Å². The fourth-order valence-corrected chi connectivity index (χ4v) is 11.8. The van der Waals surface area contributed by atoms with E-state index in [1.807, 2.05) is 0 Å². The molecule has 158 valence electrons. The third-order valence-corrected chi connectivity index (χ3v) is 12.0. The summed E-state index contributed by atoms with van der Waals surface area (Å²) in [6.07, 6.45) is 4.25. The zero-order valence-corrected chi connectivity index (χ0v) is 20.4. The molecule has 3 heterocycles. The van der Waals surface area contributed by atoms with E-state index in [0.29, 0.717) is 6.04 Å². The number of nitrogens with zero attached hydrogens (tertiary/aromatic N) is 1. The van der Waals surface area contributed by atoms with Crippen LogP contribution in [0, 0.1) is 41.5 Å². The third kappa shape index (κ3) is 2.97. The zero-order valence-electron chi connectivity index (χ0n) is 19.4. The summed E-state index contributed by atoms with van der Waals surface area (Å²) in [7, 11) is -2.47. The molecule has 0 spiro atoms. The molecule has 2 aromatic rings. The van der Waals surface area contributed by atoms with Crippen LogP contribution in [0.3, 0.4) is 0 Å². The smallest absolute Gasteiger partial charge is 0.282 e. The van der Waals surface area contributed by atoms with Crippen molar-refractivity contribution in [3.05, 3.63) is 68.9 Å². The van der Waals surface area contributed by atoms with Gasteiger partial charge in [-0.25, -0.2) is 0 Å². The molecular weight excluding hydrogens is 382 g/mol. The zero-order chi connectivity index (χ0) is 21.2. The molecular formula is C27H35NOSi. The fraction of sp³-hybridized carbons (Fsp3) is 0.481. The van der Waals surface area contributed by atoms with Gasteiger partial charge in [-0.05, 0) is 99.1 Å². The van der Waals surface area contributed by atoms with Gasteiger partial charge in [-0.1, -0.05) is 47.5 Å². The lowest BCUT2D eigenvalue weighted by atomic mass is 10.00. The van der Waals surface area contributed by atoms with Crippen molar-refractivity contribution in [1.29, 1.82) is 0 Å². The molecule has 0 N–H and O–H groups in total. The second-order valence-corrected chi connectivity index (χ2v) is 13.1. The highest BCUT2D eigenvalue weighted by Gasteiger charge is 2.54. The van der Waals surface area contributed by atoms with Crippen molar-refractivity contribution in [2.24, 2.45) is 0 Å². The number of piperidine rings is 1. The van der Waals surface area contributed by atoms with Crippen LogP contribution in [0.1, 0.15) is 52.6 Å². The lowest BCUT2D eigenvalue weighted by Gasteiger charge is -2.37. The van der Waals surface area contributed by atoms with Gasteiger partial charge in [0.25, 0.3) is 8.32 Å². The van der Waals surface area contributed by atoms with Crippen molar-refractivity contribution >= 4 is 18.7 Å². The normalized spacial score (nSPS) is 25.2. The lowest BCUT2D eigenvalue weighted by molar-refractivity contribution is 0.116. The van der Waals surface area contributed by atoms with Gasteiger partial charge in [0.15, 0.2) is 0 Å². The van der Waals surface area contributed by atoms with Crippen LogP contribution in [-0.2, 0) is 4.43 Å². The molecule has 0 amide bonds. The van der Waals surface area contributed by atoms with Crippen LogP contribution in [0.25, 0.3) is 0 Å². The molecule has 2 nitrogen and oxygen atoms in total. The van der Waals surface area contributed by atoms with Crippen molar-refractivity contribution in [3.63, 3.8) is 0 Å². The molecule has 0 bridgehead atoms. The second-order valence-electron chi connectivity index (χ2n) is 10.1. The Morgan fingerprint density at radius 1 is 0.800 bits per heavy atom. The van der Waals surface area contributed by atoms with E-state index in [1.54, 1.807) is 5.57 Å².